The van der Waals surface area contributed by atoms with E-state index in [-0.39, 0.29) is 0 Å². The maximum atomic E-state index is 5.24. The lowest BCUT2D eigenvalue weighted by molar-refractivity contribution is 0.303. The lowest BCUT2D eigenvalue weighted by atomic mass is 10.2. The molecule has 0 aliphatic carbocycles. The molecule has 6 heteroatoms. The van der Waals surface area contributed by atoms with E-state index in [0.29, 0.717) is 6.04 Å². The number of guanidine groups is 1. The molecule has 3 rings (SSSR count). The van der Waals surface area contributed by atoms with Crippen molar-refractivity contribution in [3.05, 3.63) is 24.3 Å². The Bertz CT molecular complexity index is 566. The van der Waals surface area contributed by atoms with Crippen molar-refractivity contribution in [3.8, 4) is 5.75 Å². The van der Waals surface area contributed by atoms with Crippen molar-refractivity contribution in [2.45, 2.75) is 18.9 Å². The fourth-order valence-corrected chi connectivity index (χ4v) is 3.75. The standard InChI is InChI=1S/C19H31N5O/c1-20-19(21-15-17-5-4-10-22(17)2)24-13-11-23(12-14-24)16-6-8-18(25-3)9-7-16/h6-9,17H,4-5,10-15H2,1-3H3,(H,20,21). The van der Waals surface area contributed by atoms with Crippen molar-refractivity contribution in [1.82, 2.24) is 15.1 Å². The maximum absolute atomic E-state index is 5.24. The van der Waals surface area contributed by atoms with Gasteiger partial charge in [0.15, 0.2) is 5.96 Å². The minimum absolute atomic E-state index is 0.636. The summed E-state index contributed by atoms with van der Waals surface area (Å²) >= 11 is 0. The smallest absolute Gasteiger partial charge is 0.193 e. The molecule has 2 heterocycles. The highest BCUT2D eigenvalue weighted by atomic mass is 16.5. The van der Waals surface area contributed by atoms with Crippen LogP contribution < -0.4 is 15.0 Å². The van der Waals surface area contributed by atoms with Crippen molar-refractivity contribution < 1.29 is 4.74 Å². The van der Waals surface area contributed by atoms with E-state index in [1.807, 2.05) is 19.2 Å². The van der Waals surface area contributed by atoms with Crippen LogP contribution in [0.3, 0.4) is 0 Å². The molecule has 6 nitrogen and oxygen atoms in total. The Morgan fingerprint density at radius 2 is 1.88 bits per heavy atom. The van der Waals surface area contributed by atoms with Crippen LogP contribution in [0, 0.1) is 0 Å². The molecule has 0 saturated carbocycles. The van der Waals surface area contributed by atoms with E-state index in [2.05, 4.69) is 44.2 Å². The highest BCUT2D eigenvalue weighted by molar-refractivity contribution is 5.80. The van der Waals surface area contributed by atoms with E-state index in [1.54, 1.807) is 7.11 Å². The third kappa shape index (κ3) is 4.37. The van der Waals surface area contributed by atoms with Gasteiger partial charge in [-0.15, -0.1) is 0 Å². The third-order valence-electron chi connectivity index (χ3n) is 5.40. The summed E-state index contributed by atoms with van der Waals surface area (Å²) in [7, 11) is 5.81. The van der Waals surface area contributed by atoms with E-state index in [0.717, 1.165) is 44.4 Å². The molecular weight excluding hydrogens is 314 g/mol. The normalized spacial score (nSPS) is 22.4. The van der Waals surface area contributed by atoms with Gasteiger partial charge in [-0.1, -0.05) is 0 Å². The molecule has 1 atom stereocenters. The van der Waals surface area contributed by atoms with Crippen LogP contribution in [-0.2, 0) is 0 Å². The van der Waals surface area contributed by atoms with Gasteiger partial charge in [-0.3, -0.25) is 4.99 Å². The molecule has 0 spiro atoms. The van der Waals surface area contributed by atoms with Gasteiger partial charge in [-0.2, -0.15) is 0 Å². The minimum atomic E-state index is 0.636. The summed E-state index contributed by atoms with van der Waals surface area (Å²) in [5, 5.41) is 3.58. The molecular formula is C19H31N5O. The van der Waals surface area contributed by atoms with Crippen molar-refractivity contribution in [1.29, 1.82) is 0 Å². The van der Waals surface area contributed by atoms with Gasteiger partial charge in [-0.25, -0.2) is 0 Å². The Balaban J connectivity index is 1.49. The molecule has 1 aromatic rings. The molecule has 2 aliphatic heterocycles. The van der Waals surface area contributed by atoms with Gasteiger partial charge < -0.3 is 24.8 Å². The third-order valence-corrected chi connectivity index (χ3v) is 5.40. The number of aliphatic imine (C=N–C) groups is 1. The summed E-state index contributed by atoms with van der Waals surface area (Å²) in [6.45, 7) is 6.21. The van der Waals surface area contributed by atoms with Crippen LogP contribution in [0.15, 0.2) is 29.3 Å². The van der Waals surface area contributed by atoms with E-state index in [9.17, 15) is 0 Å². The maximum Gasteiger partial charge on any atom is 0.193 e. The predicted molar refractivity (Wildman–Crippen MR) is 104 cm³/mol. The molecule has 25 heavy (non-hydrogen) atoms. The monoisotopic (exact) mass is 345 g/mol. The molecule has 1 N–H and O–H groups in total. The van der Waals surface area contributed by atoms with Crippen molar-refractivity contribution >= 4 is 11.6 Å². The Morgan fingerprint density at radius 3 is 2.44 bits per heavy atom. The SMILES string of the molecule is CN=C(NCC1CCCN1C)N1CCN(c2ccc(OC)cc2)CC1. The lowest BCUT2D eigenvalue weighted by Gasteiger charge is -2.38. The van der Waals surface area contributed by atoms with Crippen LogP contribution in [-0.4, -0.2) is 82.3 Å². The van der Waals surface area contributed by atoms with Gasteiger partial charge in [0.2, 0.25) is 0 Å². The molecule has 0 aromatic heterocycles. The van der Waals surface area contributed by atoms with Crippen molar-refractivity contribution in [3.63, 3.8) is 0 Å². The second-order valence-corrected chi connectivity index (χ2v) is 6.88. The summed E-state index contributed by atoms with van der Waals surface area (Å²) < 4.78 is 5.24. The zero-order valence-electron chi connectivity index (χ0n) is 15.7. The summed E-state index contributed by atoms with van der Waals surface area (Å²) in [5.74, 6) is 1.94. The number of rotatable bonds is 4. The van der Waals surface area contributed by atoms with E-state index in [4.69, 9.17) is 4.74 Å². The number of likely N-dealkylation sites (N-methyl/N-ethyl adjacent to an activating group) is 1. The van der Waals surface area contributed by atoms with Crippen LogP contribution >= 0.6 is 0 Å². The Kier molecular flexibility index (Phi) is 6.02. The largest absolute Gasteiger partial charge is 0.497 e. The first kappa shape index (κ1) is 17.9. The van der Waals surface area contributed by atoms with Crippen LogP contribution in [0.5, 0.6) is 5.75 Å². The number of methoxy groups -OCH3 is 1. The van der Waals surface area contributed by atoms with Crippen LogP contribution in [0.2, 0.25) is 0 Å². The Hall–Kier alpha value is -1.95. The quantitative estimate of drug-likeness (QED) is 0.662. The van der Waals surface area contributed by atoms with Gasteiger partial charge in [0, 0.05) is 51.5 Å². The van der Waals surface area contributed by atoms with Gasteiger partial charge in [0.05, 0.1) is 7.11 Å². The molecule has 0 bridgehead atoms. The number of benzene rings is 1. The molecule has 2 saturated heterocycles. The minimum Gasteiger partial charge on any atom is -0.497 e. The molecule has 0 radical (unpaired) electrons. The molecule has 138 valence electrons. The average Bonchev–Trinajstić information content (AvgIpc) is 3.08. The van der Waals surface area contributed by atoms with Gasteiger partial charge in [0.1, 0.15) is 5.75 Å². The molecule has 2 aliphatic rings. The second-order valence-electron chi connectivity index (χ2n) is 6.88. The summed E-state index contributed by atoms with van der Waals surface area (Å²) in [6, 6.07) is 8.97. The van der Waals surface area contributed by atoms with Gasteiger partial charge in [-0.05, 0) is 50.7 Å². The highest BCUT2D eigenvalue weighted by Crippen LogP contribution is 2.20. The molecule has 1 unspecified atom stereocenters. The number of nitrogens with one attached hydrogen (secondary N) is 1. The summed E-state index contributed by atoms with van der Waals surface area (Å²) in [5.41, 5.74) is 1.26. The number of hydrogen-bond donors (Lipinski definition) is 1. The molecule has 2 fully saturated rings. The topological polar surface area (TPSA) is 43.3 Å². The zero-order valence-corrected chi connectivity index (χ0v) is 15.7. The number of piperazine rings is 1. The predicted octanol–water partition coefficient (Wildman–Crippen LogP) is 1.49. The Labute approximate surface area is 151 Å². The molecule has 0 amide bonds. The van der Waals surface area contributed by atoms with Crippen molar-refractivity contribution in [2.24, 2.45) is 4.99 Å². The zero-order chi connectivity index (χ0) is 17.6. The van der Waals surface area contributed by atoms with Crippen LogP contribution in [0.25, 0.3) is 0 Å². The average molecular weight is 345 g/mol. The number of anilines is 1. The first-order valence-corrected chi connectivity index (χ1v) is 9.26. The number of hydrogen-bond acceptors (Lipinski definition) is 4. The number of nitrogens with zero attached hydrogens (tertiary/aromatic N) is 4. The fraction of sp³-hybridized carbons (Fsp3) is 0.632. The van der Waals surface area contributed by atoms with Crippen LogP contribution in [0.4, 0.5) is 5.69 Å². The van der Waals surface area contributed by atoms with Crippen LogP contribution in [0.1, 0.15) is 12.8 Å². The number of likely N-dealkylation sites (tertiary alicyclic amines) is 1. The summed E-state index contributed by atoms with van der Waals surface area (Å²) in [6.07, 6.45) is 2.59. The molecule has 1 aromatic carbocycles. The van der Waals surface area contributed by atoms with E-state index in [1.165, 1.54) is 25.1 Å². The first-order chi connectivity index (χ1) is 12.2. The van der Waals surface area contributed by atoms with E-state index >= 15 is 0 Å². The van der Waals surface area contributed by atoms with Gasteiger partial charge in [0.25, 0.3) is 0 Å². The second kappa shape index (κ2) is 8.43. The Morgan fingerprint density at radius 1 is 1.16 bits per heavy atom. The van der Waals surface area contributed by atoms with Gasteiger partial charge >= 0.3 is 0 Å². The fourth-order valence-electron chi connectivity index (χ4n) is 3.75. The highest BCUT2D eigenvalue weighted by Gasteiger charge is 2.23. The first-order valence-electron chi connectivity index (χ1n) is 9.26. The van der Waals surface area contributed by atoms with E-state index < -0.39 is 0 Å². The lowest BCUT2D eigenvalue weighted by Crippen LogP contribution is -2.54. The summed E-state index contributed by atoms with van der Waals surface area (Å²) in [4.78, 5) is 11.7. The number of ether oxygens (including phenoxy) is 1. The van der Waals surface area contributed by atoms with Crippen molar-refractivity contribution in [2.75, 3.05) is 65.4 Å².